The van der Waals surface area contributed by atoms with Gasteiger partial charge in [0.25, 0.3) is 0 Å². The lowest BCUT2D eigenvalue weighted by atomic mass is 10.1. The Labute approximate surface area is 227 Å². The van der Waals surface area contributed by atoms with Gasteiger partial charge in [0.1, 0.15) is 12.4 Å². The van der Waals surface area contributed by atoms with E-state index in [9.17, 15) is 0 Å². The number of hydrogen-bond acceptors (Lipinski definition) is 8. The van der Waals surface area contributed by atoms with Crippen molar-refractivity contribution in [2.24, 2.45) is 0 Å². The van der Waals surface area contributed by atoms with Crippen LogP contribution in [0, 0.1) is 0 Å². The van der Waals surface area contributed by atoms with Crippen LogP contribution < -0.4 is 9.64 Å². The summed E-state index contributed by atoms with van der Waals surface area (Å²) in [6.07, 6.45) is 11.9. The molecular formula is C29H33N9O. The highest BCUT2D eigenvalue weighted by atomic mass is 16.5. The summed E-state index contributed by atoms with van der Waals surface area (Å²) in [6.45, 7) is 8.04. The normalized spacial score (nSPS) is 17.0. The van der Waals surface area contributed by atoms with E-state index in [-0.39, 0.29) is 0 Å². The molecule has 2 N–H and O–H groups in total. The summed E-state index contributed by atoms with van der Waals surface area (Å²) < 4.78 is 6.04. The predicted molar refractivity (Wildman–Crippen MR) is 153 cm³/mol. The van der Waals surface area contributed by atoms with Crippen molar-refractivity contribution in [3.8, 4) is 28.3 Å². The third kappa shape index (κ3) is 4.81. The lowest BCUT2D eigenvalue weighted by molar-refractivity contribution is 0.237. The molecule has 0 unspecified atom stereocenters. The Morgan fingerprint density at radius 2 is 1.67 bits per heavy atom. The molecule has 0 bridgehead atoms. The van der Waals surface area contributed by atoms with Crippen molar-refractivity contribution in [3.63, 3.8) is 0 Å². The number of hydrogen-bond donors (Lipinski definition) is 2. The zero-order valence-electron chi connectivity index (χ0n) is 22.2. The number of nitrogens with one attached hydrogen (secondary N) is 2. The SMILES string of the molecule is CN1CCN(c2cncc3[nH]c(-c4[nH]nc5ncc(-c6cncc(OCCN7CCCC7)c6)cc45)cc23)CC1. The lowest BCUT2D eigenvalue weighted by Crippen LogP contribution is -2.44. The first-order chi connectivity index (χ1) is 19.2. The minimum absolute atomic E-state index is 0.666. The molecule has 5 aromatic heterocycles. The molecule has 0 saturated carbocycles. The predicted octanol–water partition coefficient (Wildman–Crippen LogP) is 3.79. The van der Waals surface area contributed by atoms with Gasteiger partial charge in [-0.1, -0.05) is 0 Å². The standard InChI is InChI=1S/C29H33N9O/c1-36-6-8-38(9-7-36)27-19-31-18-26-23(27)14-25(33-26)28-24-13-21(16-32-29(24)35-34-28)20-12-22(17-30-15-20)39-11-10-37-4-2-3-5-37/h12-19,33H,2-11H2,1H3,(H,32,34,35). The lowest BCUT2D eigenvalue weighted by Gasteiger charge is -2.34. The molecule has 0 spiro atoms. The van der Waals surface area contributed by atoms with E-state index >= 15 is 0 Å². The van der Waals surface area contributed by atoms with Gasteiger partial charge in [-0.15, -0.1) is 0 Å². The maximum atomic E-state index is 6.04. The van der Waals surface area contributed by atoms with Gasteiger partial charge in [-0.2, -0.15) is 5.10 Å². The van der Waals surface area contributed by atoms with Gasteiger partial charge in [0, 0.05) is 67.0 Å². The molecule has 2 aliphatic heterocycles. The van der Waals surface area contributed by atoms with Gasteiger partial charge in [-0.3, -0.25) is 20.0 Å². The number of pyridine rings is 3. The fourth-order valence-electron chi connectivity index (χ4n) is 5.69. The number of likely N-dealkylation sites (tertiary alicyclic amines) is 1. The Morgan fingerprint density at radius 1 is 0.846 bits per heavy atom. The molecule has 10 heteroatoms. The monoisotopic (exact) mass is 523 g/mol. The molecule has 7 rings (SSSR count). The Bertz CT molecular complexity index is 1600. The molecule has 200 valence electrons. The van der Waals surface area contributed by atoms with Gasteiger partial charge in [-0.05, 0) is 51.2 Å². The molecule has 0 amide bonds. The summed E-state index contributed by atoms with van der Waals surface area (Å²) >= 11 is 0. The van der Waals surface area contributed by atoms with Crippen molar-refractivity contribution in [3.05, 3.63) is 49.2 Å². The van der Waals surface area contributed by atoms with Crippen molar-refractivity contribution in [2.75, 3.05) is 64.4 Å². The summed E-state index contributed by atoms with van der Waals surface area (Å²) in [5, 5.41) is 9.81. The quantitative estimate of drug-likeness (QED) is 0.332. The number of rotatable bonds is 7. The fourth-order valence-corrected chi connectivity index (χ4v) is 5.69. The average molecular weight is 524 g/mol. The molecule has 0 radical (unpaired) electrons. The molecule has 0 aliphatic carbocycles. The van der Waals surface area contributed by atoms with Crippen molar-refractivity contribution in [2.45, 2.75) is 12.8 Å². The van der Waals surface area contributed by atoms with Crippen molar-refractivity contribution < 1.29 is 4.74 Å². The second-order valence-corrected chi connectivity index (χ2v) is 10.6. The molecule has 39 heavy (non-hydrogen) atoms. The smallest absolute Gasteiger partial charge is 0.181 e. The van der Waals surface area contributed by atoms with Gasteiger partial charge in [-0.25, -0.2) is 4.98 Å². The van der Waals surface area contributed by atoms with Gasteiger partial charge >= 0.3 is 0 Å². The second kappa shape index (κ2) is 10.3. The zero-order valence-corrected chi connectivity index (χ0v) is 22.2. The first kappa shape index (κ1) is 24.1. The largest absolute Gasteiger partial charge is 0.491 e. The average Bonchev–Trinajstić information content (AvgIpc) is 3.73. The summed E-state index contributed by atoms with van der Waals surface area (Å²) in [5.74, 6) is 0.777. The summed E-state index contributed by atoms with van der Waals surface area (Å²) in [7, 11) is 2.17. The van der Waals surface area contributed by atoms with E-state index in [0.717, 1.165) is 71.9 Å². The first-order valence-electron chi connectivity index (χ1n) is 13.8. The van der Waals surface area contributed by atoms with Gasteiger partial charge in [0.2, 0.25) is 0 Å². The highest BCUT2D eigenvalue weighted by Gasteiger charge is 2.19. The molecule has 2 saturated heterocycles. The Hall–Kier alpha value is -4.02. The van der Waals surface area contributed by atoms with E-state index < -0.39 is 0 Å². The molecular weight excluding hydrogens is 490 g/mol. The van der Waals surface area contributed by atoms with Crippen LogP contribution in [0.5, 0.6) is 5.75 Å². The van der Waals surface area contributed by atoms with Crippen LogP contribution in [0.1, 0.15) is 12.8 Å². The number of aromatic nitrogens is 6. The van der Waals surface area contributed by atoms with Crippen molar-refractivity contribution in [1.82, 2.24) is 39.9 Å². The Balaban J connectivity index is 1.17. The number of piperazine rings is 1. The molecule has 7 heterocycles. The molecule has 0 atom stereocenters. The Morgan fingerprint density at radius 3 is 2.54 bits per heavy atom. The third-order valence-corrected chi connectivity index (χ3v) is 7.97. The number of fused-ring (bicyclic) bond motifs is 2. The van der Waals surface area contributed by atoms with E-state index in [1.54, 1.807) is 6.20 Å². The van der Waals surface area contributed by atoms with E-state index in [1.807, 2.05) is 30.9 Å². The van der Waals surface area contributed by atoms with E-state index in [1.165, 1.54) is 37.0 Å². The first-order valence-corrected chi connectivity index (χ1v) is 13.8. The van der Waals surface area contributed by atoms with Gasteiger partial charge in [0.15, 0.2) is 5.65 Å². The molecule has 0 aromatic carbocycles. The molecule has 10 nitrogen and oxygen atoms in total. The summed E-state index contributed by atoms with van der Waals surface area (Å²) in [4.78, 5) is 24.4. The number of H-pyrrole nitrogens is 2. The zero-order chi connectivity index (χ0) is 26.2. The van der Waals surface area contributed by atoms with Crippen LogP contribution in [0.15, 0.2) is 49.2 Å². The second-order valence-electron chi connectivity index (χ2n) is 10.6. The third-order valence-electron chi connectivity index (χ3n) is 7.97. The highest BCUT2D eigenvalue weighted by molar-refractivity contribution is 5.99. The molecule has 2 fully saturated rings. The molecule has 2 aliphatic rings. The topological polar surface area (TPSA) is 102 Å². The van der Waals surface area contributed by atoms with Crippen LogP contribution in [0.4, 0.5) is 5.69 Å². The fraction of sp³-hybridized carbons (Fsp3) is 0.379. The van der Waals surface area contributed by atoms with Crippen LogP contribution in [0.2, 0.25) is 0 Å². The van der Waals surface area contributed by atoms with Gasteiger partial charge < -0.3 is 19.5 Å². The number of anilines is 1. The van der Waals surface area contributed by atoms with E-state index in [0.29, 0.717) is 12.3 Å². The van der Waals surface area contributed by atoms with Crippen LogP contribution in [0.3, 0.4) is 0 Å². The number of nitrogens with zero attached hydrogens (tertiary/aromatic N) is 7. The minimum Gasteiger partial charge on any atom is -0.491 e. The number of aromatic amines is 2. The summed E-state index contributed by atoms with van der Waals surface area (Å²) in [5.41, 5.74) is 6.66. The number of ether oxygens (including phenoxy) is 1. The maximum absolute atomic E-state index is 6.04. The highest BCUT2D eigenvalue weighted by Crippen LogP contribution is 2.34. The van der Waals surface area contributed by atoms with Crippen molar-refractivity contribution in [1.29, 1.82) is 0 Å². The van der Waals surface area contributed by atoms with E-state index in [4.69, 9.17) is 4.74 Å². The van der Waals surface area contributed by atoms with Crippen LogP contribution in [0.25, 0.3) is 44.5 Å². The maximum Gasteiger partial charge on any atom is 0.181 e. The van der Waals surface area contributed by atoms with Crippen LogP contribution >= 0.6 is 0 Å². The minimum atomic E-state index is 0.666. The van der Waals surface area contributed by atoms with Gasteiger partial charge in [0.05, 0.1) is 41.2 Å². The number of likely N-dealkylation sites (N-methyl/N-ethyl adjacent to an activating group) is 1. The van der Waals surface area contributed by atoms with Crippen molar-refractivity contribution >= 4 is 27.6 Å². The van der Waals surface area contributed by atoms with E-state index in [2.05, 4.69) is 64.0 Å². The molecule has 5 aromatic rings. The summed E-state index contributed by atoms with van der Waals surface area (Å²) in [6, 6.07) is 6.36. The van der Waals surface area contributed by atoms with Crippen LogP contribution in [-0.2, 0) is 0 Å². The van der Waals surface area contributed by atoms with Crippen LogP contribution in [-0.4, -0.2) is 99.4 Å². The Kier molecular flexibility index (Phi) is 6.34.